The third-order valence-corrected chi connectivity index (χ3v) is 8.47. The second-order valence-corrected chi connectivity index (χ2v) is 11.7. The molecule has 0 saturated carbocycles. The van der Waals surface area contributed by atoms with E-state index in [1.54, 1.807) is 18.9 Å². The molecule has 0 fully saturated rings. The molecule has 2 heterocycles. The zero-order valence-corrected chi connectivity index (χ0v) is 25.6. The summed E-state index contributed by atoms with van der Waals surface area (Å²) in [4.78, 5) is 30.6. The van der Waals surface area contributed by atoms with Crippen LogP contribution in [0.15, 0.2) is 72.8 Å². The Balaban J connectivity index is 1.49. The number of nitrogens with zero attached hydrogens (tertiary/aromatic N) is 3. The van der Waals surface area contributed by atoms with Crippen molar-refractivity contribution in [3.63, 3.8) is 0 Å². The molecule has 0 unspecified atom stereocenters. The van der Waals surface area contributed by atoms with Gasteiger partial charge in [0.25, 0.3) is 5.91 Å². The van der Waals surface area contributed by atoms with Crippen LogP contribution in [0.3, 0.4) is 0 Å². The smallest absolute Gasteiger partial charge is 0.394 e. The quantitative estimate of drug-likeness (QED) is 0.270. The number of aromatic nitrogens is 1. The number of alkyl halides is 3. The highest BCUT2D eigenvalue weighted by Gasteiger charge is 2.34. The minimum atomic E-state index is -4.54. The number of amides is 3. The fourth-order valence-electron chi connectivity index (χ4n) is 5.87. The second kappa shape index (κ2) is 12.9. The van der Waals surface area contributed by atoms with Crippen molar-refractivity contribution in [2.24, 2.45) is 13.0 Å². The Hall–Kier alpha value is -4.35. The summed E-state index contributed by atoms with van der Waals surface area (Å²) in [6.45, 7) is 3.97. The predicted molar refractivity (Wildman–Crippen MR) is 167 cm³/mol. The summed E-state index contributed by atoms with van der Waals surface area (Å²) in [5.41, 5.74) is 3.06. The second-order valence-electron chi connectivity index (χ2n) is 11.7. The van der Waals surface area contributed by atoms with Crippen LogP contribution < -0.4 is 5.32 Å². The molecule has 1 aliphatic rings. The number of hydrogen-bond donors (Lipinski definition) is 2. The fourth-order valence-corrected chi connectivity index (χ4v) is 5.87. The third-order valence-electron chi connectivity index (χ3n) is 8.47. The van der Waals surface area contributed by atoms with Crippen molar-refractivity contribution in [2.45, 2.75) is 38.8 Å². The highest BCUT2D eigenvalue weighted by molar-refractivity contribution is 6.10. The first-order valence-corrected chi connectivity index (χ1v) is 14.8. The summed E-state index contributed by atoms with van der Waals surface area (Å²) in [6.07, 6.45) is -5.10. The van der Waals surface area contributed by atoms with Crippen molar-refractivity contribution >= 4 is 28.5 Å². The number of benzene rings is 3. The molecule has 1 aromatic heterocycles. The van der Waals surface area contributed by atoms with Gasteiger partial charge >= 0.3 is 12.2 Å². The predicted octanol–water partition coefficient (Wildman–Crippen LogP) is 6.39. The Bertz CT molecular complexity index is 1700. The van der Waals surface area contributed by atoms with E-state index in [-0.39, 0.29) is 43.8 Å². The maximum atomic E-state index is 14.4. The van der Waals surface area contributed by atoms with Crippen molar-refractivity contribution < 1.29 is 32.6 Å². The Morgan fingerprint density at radius 3 is 2.56 bits per heavy atom. The number of aryl methyl sites for hydroxylation is 1. The molecule has 0 spiro atoms. The molecule has 1 aliphatic heterocycles. The Kier molecular flexibility index (Phi) is 9.22. The standard InChI is InChI=1S/C34H37F3N4O4/c1-21-17-41(22(2)19-42)32(43)31-30(27-14-7-8-15-28(27)40(31)4)26-13-6-5-10-23(26)20-45-29(21)18-39(3)33(44)38-25-12-9-11-24(16-25)34(35,36)37/h5-16,21-22,29,42H,17-20H2,1-4H3,(H,38,44)/t21-,22+,29+/m0/s1. The van der Waals surface area contributed by atoms with Crippen LogP contribution in [0.1, 0.15) is 35.5 Å². The number of hydrogen-bond acceptors (Lipinski definition) is 4. The number of halogens is 3. The minimum absolute atomic E-state index is 0.0190. The number of fused-ring (bicyclic) bond motifs is 5. The molecule has 0 saturated heterocycles. The topological polar surface area (TPSA) is 87.0 Å². The van der Waals surface area contributed by atoms with Gasteiger partial charge in [-0.05, 0) is 42.3 Å². The maximum absolute atomic E-state index is 14.4. The maximum Gasteiger partial charge on any atom is 0.416 e. The lowest BCUT2D eigenvalue weighted by molar-refractivity contribution is -0.137. The number of carbonyl (C=O) groups excluding carboxylic acids is 2. The van der Waals surface area contributed by atoms with Crippen molar-refractivity contribution in [3.8, 4) is 11.1 Å². The van der Waals surface area contributed by atoms with E-state index >= 15 is 0 Å². The number of para-hydroxylation sites is 1. The normalized spacial score (nSPS) is 18.1. The van der Waals surface area contributed by atoms with Crippen LogP contribution in [0, 0.1) is 5.92 Å². The van der Waals surface area contributed by atoms with Gasteiger partial charge in [-0.3, -0.25) is 4.79 Å². The summed E-state index contributed by atoms with van der Waals surface area (Å²) in [5.74, 6) is -0.529. The molecule has 0 radical (unpaired) electrons. The monoisotopic (exact) mass is 622 g/mol. The SMILES string of the molecule is C[C@H](CO)N1C[C@H](C)[C@@H](CN(C)C(=O)Nc2cccc(C(F)(F)F)c2)OCc2ccccc2-c2c(n(C)c3ccccc23)C1=O. The zero-order chi connectivity index (χ0) is 32.5. The van der Waals surface area contributed by atoms with Gasteiger partial charge in [-0.2, -0.15) is 13.2 Å². The van der Waals surface area contributed by atoms with Gasteiger partial charge in [-0.25, -0.2) is 4.79 Å². The molecule has 0 bridgehead atoms. The molecule has 0 aliphatic carbocycles. The number of anilines is 1. The van der Waals surface area contributed by atoms with Gasteiger partial charge in [0, 0.05) is 55.3 Å². The molecular weight excluding hydrogens is 585 g/mol. The van der Waals surface area contributed by atoms with Crippen LogP contribution in [0.2, 0.25) is 0 Å². The summed E-state index contributed by atoms with van der Waals surface area (Å²) >= 11 is 0. The lowest BCUT2D eigenvalue weighted by Gasteiger charge is -2.35. The van der Waals surface area contributed by atoms with Crippen molar-refractivity contribution in [1.29, 1.82) is 0 Å². The van der Waals surface area contributed by atoms with E-state index in [1.807, 2.05) is 67.1 Å². The minimum Gasteiger partial charge on any atom is -0.394 e. The Labute approximate surface area is 260 Å². The average Bonchev–Trinajstić information content (AvgIpc) is 3.31. The van der Waals surface area contributed by atoms with Crippen LogP contribution >= 0.6 is 0 Å². The number of nitrogens with one attached hydrogen (secondary N) is 1. The van der Waals surface area contributed by atoms with Crippen LogP contribution in [0.5, 0.6) is 0 Å². The molecule has 3 atom stereocenters. The van der Waals surface area contributed by atoms with Gasteiger partial charge in [0.1, 0.15) is 5.69 Å². The van der Waals surface area contributed by atoms with Crippen LogP contribution in [0.4, 0.5) is 23.7 Å². The molecular formula is C34H37F3N4O4. The Morgan fingerprint density at radius 2 is 1.82 bits per heavy atom. The largest absolute Gasteiger partial charge is 0.416 e. The summed E-state index contributed by atoms with van der Waals surface area (Å²) in [5, 5.41) is 13.6. The number of carbonyl (C=O) groups is 2. The molecule has 11 heteroatoms. The lowest BCUT2D eigenvalue weighted by atomic mass is 9.96. The van der Waals surface area contributed by atoms with Gasteiger partial charge in [0.2, 0.25) is 0 Å². The first-order chi connectivity index (χ1) is 21.4. The molecule has 5 rings (SSSR count). The van der Waals surface area contributed by atoms with Crippen LogP contribution in [0.25, 0.3) is 22.0 Å². The molecule has 4 aromatic rings. The summed E-state index contributed by atoms with van der Waals surface area (Å²) < 4.78 is 48.0. The summed E-state index contributed by atoms with van der Waals surface area (Å²) in [6, 6.07) is 18.9. The van der Waals surface area contributed by atoms with E-state index in [2.05, 4.69) is 5.32 Å². The number of ether oxygens (including phenoxy) is 1. The van der Waals surface area contributed by atoms with E-state index in [9.17, 15) is 27.9 Å². The van der Waals surface area contributed by atoms with Gasteiger partial charge in [-0.15, -0.1) is 0 Å². The van der Waals surface area contributed by atoms with Crippen LogP contribution in [-0.2, 0) is 24.6 Å². The highest BCUT2D eigenvalue weighted by Crippen LogP contribution is 2.38. The third kappa shape index (κ3) is 6.55. The molecule has 2 N–H and O–H groups in total. The average molecular weight is 623 g/mol. The van der Waals surface area contributed by atoms with Crippen molar-refractivity contribution in [1.82, 2.24) is 14.4 Å². The first kappa shape index (κ1) is 32.1. The first-order valence-electron chi connectivity index (χ1n) is 14.8. The Morgan fingerprint density at radius 1 is 1.11 bits per heavy atom. The molecule has 3 amide bonds. The van der Waals surface area contributed by atoms with E-state index in [4.69, 9.17) is 4.74 Å². The van der Waals surface area contributed by atoms with Crippen molar-refractivity contribution in [2.75, 3.05) is 32.1 Å². The lowest BCUT2D eigenvalue weighted by Crippen LogP contribution is -2.48. The van der Waals surface area contributed by atoms with Crippen molar-refractivity contribution in [3.05, 3.63) is 89.6 Å². The molecule has 45 heavy (non-hydrogen) atoms. The number of likely N-dealkylation sites (N-methyl/N-ethyl adjacent to an activating group) is 1. The van der Waals surface area contributed by atoms with Gasteiger partial charge in [0.15, 0.2) is 0 Å². The number of aliphatic hydroxyl groups excluding tert-OH is 1. The van der Waals surface area contributed by atoms with Gasteiger partial charge < -0.3 is 29.5 Å². The van der Waals surface area contributed by atoms with E-state index in [0.717, 1.165) is 39.7 Å². The van der Waals surface area contributed by atoms with E-state index in [0.29, 0.717) is 5.69 Å². The van der Waals surface area contributed by atoms with Gasteiger partial charge in [0.05, 0.1) is 30.9 Å². The van der Waals surface area contributed by atoms with E-state index < -0.39 is 29.9 Å². The van der Waals surface area contributed by atoms with E-state index in [1.165, 1.54) is 17.0 Å². The number of urea groups is 1. The number of aliphatic hydroxyl groups is 1. The molecule has 8 nitrogen and oxygen atoms in total. The zero-order valence-electron chi connectivity index (χ0n) is 25.6. The molecule has 3 aromatic carbocycles. The summed E-state index contributed by atoms with van der Waals surface area (Å²) in [7, 11) is 3.41. The molecule has 238 valence electrons. The van der Waals surface area contributed by atoms with Crippen LogP contribution in [-0.4, -0.2) is 70.3 Å². The van der Waals surface area contributed by atoms with Gasteiger partial charge in [-0.1, -0.05) is 55.5 Å². The highest BCUT2D eigenvalue weighted by atomic mass is 19.4. The fraction of sp³-hybridized carbons (Fsp3) is 0.353. The number of rotatable bonds is 5.